The Morgan fingerprint density at radius 1 is 1.45 bits per heavy atom. The average Bonchev–Trinajstić information content (AvgIpc) is 2.79. The molecule has 1 aromatic heterocycles. The summed E-state index contributed by atoms with van der Waals surface area (Å²) in [5.74, 6) is 0.0768. The van der Waals surface area contributed by atoms with Gasteiger partial charge in [0.15, 0.2) is 5.82 Å². The molecule has 0 spiro atoms. The van der Waals surface area contributed by atoms with Gasteiger partial charge in [0.25, 0.3) is 0 Å². The third-order valence-electron chi connectivity index (χ3n) is 2.21. The first-order valence-corrected chi connectivity index (χ1v) is 8.63. The molecule has 0 unspecified atom stereocenters. The number of thiazole rings is 1. The summed E-state index contributed by atoms with van der Waals surface area (Å²) in [6, 6.07) is 0. The molecule has 0 aliphatic rings. The molecular formula is C14H19IN2O4S. The zero-order valence-electron chi connectivity index (χ0n) is 13.0. The summed E-state index contributed by atoms with van der Waals surface area (Å²) in [5.41, 5.74) is 1.05. The van der Waals surface area contributed by atoms with Crippen molar-refractivity contribution in [1.29, 1.82) is 0 Å². The van der Waals surface area contributed by atoms with E-state index in [0.29, 0.717) is 12.4 Å². The molecule has 6 nitrogen and oxygen atoms in total. The number of halogens is 1. The molecule has 0 saturated carbocycles. The number of nitrogens with zero attached hydrogens (tertiary/aromatic N) is 2. The van der Waals surface area contributed by atoms with Gasteiger partial charge in [-0.3, -0.25) is 4.90 Å². The van der Waals surface area contributed by atoms with Crippen molar-refractivity contribution in [2.75, 3.05) is 18.1 Å². The van der Waals surface area contributed by atoms with Crippen molar-refractivity contribution < 1.29 is 19.1 Å². The third kappa shape index (κ3) is 6.30. The summed E-state index contributed by atoms with van der Waals surface area (Å²) >= 11 is 3.54. The number of carbonyl (C=O) groups is 2. The maximum Gasteiger partial charge on any atom is 0.416 e. The van der Waals surface area contributed by atoms with E-state index in [-0.39, 0.29) is 6.54 Å². The Kier molecular flexibility index (Phi) is 7.27. The molecular weight excluding hydrogens is 419 g/mol. The summed E-state index contributed by atoms with van der Waals surface area (Å²) in [6.07, 6.45) is 2.34. The second-order valence-corrected chi connectivity index (χ2v) is 7.86. The van der Waals surface area contributed by atoms with Crippen LogP contribution in [0.4, 0.5) is 10.6 Å². The standard InChI is InChI=1S/C14H19IN2O4S/c1-5-20-10(18)7-6-8-17(12-11(15)22-9-16-12)13(19)21-14(2,3)4/h6-7,9H,5,8H2,1-4H3/b7-6+. The lowest BCUT2D eigenvalue weighted by Gasteiger charge is -2.25. The van der Waals surface area contributed by atoms with E-state index in [9.17, 15) is 9.59 Å². The fraction of sp³-hybridized carbons (Fsp3) is 0.500. The van der Waals surface area contributed by atoms with Crippen molar-refractivity contribution in [3.05, 3.63) is 20.5 Å². The maximum atomic E-state index is 12.3. The van der Waals surface area contributed by atoms with Crippen LogP contribution in [-0.4, -0.2) is 35.8 Å². The summed E-state index contributed by atoms with van der Waals surface area (Å²) in [5, 5.41) is 0. The first-order valence-electron chi connectivity index (χ1n) is 6.67. The van der Waals surface area contributed by atoms with Crippen LogP contribution in [0.2, 0.25) is 0 Å². The quantitative estimate of drug-likeness (QED) is 0.399. The number of esters is 1. The molecule has 0 bridgehead atoms. The van der Waals surface area contributed by atoms with Gasteiger partial charge >= 0.3 is 12.1 Å². The van der Waals surface area contributed by atoms with Gasteiger partial charge < -0.3 is 9.47 Å². The second-order valence-electron chi connectivity index (χ2n) is 5.20. The SMILES string of the molecule is CCOC(=O)/C=C/CN(C(=O)OC(C)(C)C)c1ncsc1I. The number of aromatic nitrogens is 1. The molecule has 1 heterocycles. The van der Waals surface area contributed by atoms with Crippen LogP contribution in [0.25, 0.3) is 0 Å². The van der Waals surface area contributed by atoms with Gasteiger partial charge in [-0.1, -0.05) is 6.08 Å². The molecule has 22 heavy (non-hydrogen) atoms. The van der Waals surface area contributed by atoms with E-state index in [1.165, 1.54) is 22.3 Å². The largest absolute Gasteiger partial charge is 0.463 e. The lowest BCUT2D eigenvalue weighted by atomic mass is 10.2. The number of carbonyl (C=O) groups excluding carboxylic acids is 2. The highest BCUT2D eigenvalue weighted by Gasteiger charge is 2.25. The molecule has 1 aromatic rings. The molecule has 0 radical (unpaired) electrons. The predicted octanol–water partition coefficient (Wildman–Crippen LogP) is 3.61. The lowest BCUT2D eigenvalue weighted by molar-refractivity contribution is -0.137. The maximum absolute atomic E-state index is 12.3. The van der Waals surface area contributed by atoms with E-state index < -0.39 is 17.7 Å². The minimum Gasteiger partial charge on any atom is -0.463 e. The van der Waals surface area contributed by atoms with Crippen LogP contribution in [0.15, 0.2) is 17.7 Å². The van der Waals surface area contributed by atoms with Gasteiger partial charge in [-0.15, -0.1) is 11.3 Å². The molecule has 0 aliphatic heterocycles. The minimum absolute atomic E-state index is 0.174. The Balaban J connectivity index is 2.86. The number of hydrogen-bond donors (Lipinski definition) is 0. The van der Waals surface area contributed by atoms with Crippen molar-refractivity contribution in [3.8, 4) is 0 Å². The Labute approximate surface area is 147 Å². The molecule has 1 amide bonds. The number of ether oxygens (including phenoxy) is 2. The van der Waals surface area contributed by atoms with E-state index in [2.05, 4.69) is 27.6 Å². The Morgan fingerprint density at radius 2 is 2.14 bits per heavy atom. The van der Waals surface area contributed by atoms with Crippen molar-refractivity contribution >= 4 is 51.8 Å². The van der Waals surface area contributed by atoms with Crippen LogP contribution < -0.4 is 4.90 Å². The second kappa shape index (κ2) is 8.47. The number of hydrogen-bond acceptors (Lipinski definition) is 6. The first-order chi connectivity index (χ1) is 10.2. The van der Waals surface area contributed by atoms with Crippen LogP contribution >= 0.6 is 33.9 Å². The Bertz CT molecular complexity index is 551. The molecule has 0 fully saturated rings. The van der Waals surface area contributed by atoms with Crippen molar-refractivity contribution in [2.45, 2.75) is 33.3 Å². The van der Waals surface area contributed by atoms with E-state index >= 15 is 0 Å². The van der Waals surface area contributed by atoms with Crippen LogP contribution in [0.3, 0.4) is 0 Å². The fourth-order valence-corrected chi connectivity index (χ4v) is 2.70. The Hall–Kier alpha value is -1.16. The molecule has 122 valence electrons. The highest BCUT2D eigenvalue weighted by Crippen LogP contribution is 2.26. The zero-order chi connectivity index (χ0) is 16.8. The van der Waals surface area contributed by atoms with Gasteiger partial charge in [0.2, 0.25) is 0 Å². The lowest BCUT2D eigenvalue weighted by Crippen LogP contribution is -2.37. The fourth-order valence-electron chi connectivity index (χ4n) is 1.41. The summed E-state index contributed by atoms with van der Waals surface area (Å²) in [7, 11) is 0. The van der Waals surface area contributed by atoms with E-state index in [4.69, 9.17) is 9.47 Å². The smallest absolute Gasteiger partial charge is 0.416 e. The van der Waals surface area contributed by atoms with Gasteiger partial charge in [-0.25, -0.2) is 14.6 Å². The zero-order valence-corrected chi connectivity index (χ0v) is 15.9. The highest BCUT2D eigenvalue weighted by molar-refractivity contribution is 14.1. The number of amides is 1. The first kappa shape index (κ1) is 18.9. The predicted molar refractivity (Wildman–Crippen MR) is 94.2 cm³/mol. The van der Waals surface area contributed by atoms with Crippen LogP contribution in [0.5, 0.6) is 0 Å². The van der Waals surface area contributed by atoms with E-state index in [1.807, 2.05) is 0 Å². The Morgan fingerprint density at radius 3 is 2.64 bits per heavy atom. The molecule has 0 aliphatic carbocycles. The van der Waals surface area contributed by atoms with Crippen molar-refractivity contribution in [2.24, 2.45) is 0 Å². The molecule has 0 N–H and O–H groups in total. The molecule has 0 atom stereocenters. The van der Waals surface area contributed by atoms with Gasteiger partial charge in [-0.2, -0.15) is 0 Å². The average molecular weight is 438 g/mol. The minimum atomic E-state index is -0.609. The van der Waals surface area contributed by atoms with Crippen LogP contribution in [-0.2, 0) is 14.3 Å². The highest BCUT2D eigenvalue weighted by atomic mass is 127. The summed E-state index contributed by atoms with van der Waals surface area (Å²) in [4.78, 5) is 29.2. The number of rotatable bonds is 5. The van der Waals surface area contributed by atoms with Gasteiger partial charge in [0.1, 0.15) is 8.48 Å². The van der Waals surface area contributed by atoms with Crippen molar-refractivity contribution in [3.63, 3.8) is 0 Å². The van der Waals surface area contributed by atoms with E-state index in [1.54, 1.807) is 39.3 Å². The van der Waals surface area contributed by atoms with Crippen LogP contribution in [0, 0.1) is 2.88 Å². The van der Waals surface area contributed by atoms with Gasteiger partial charge in [-0.05, 0) is 50.3 Å². The third-order valence-corrected chi connectivity index (χ3v) is 4.05. The van der Waals surface area contributed by atoms with Crippen LogP contribution in [0.1, 0.15) is 27.7 Å². The number of anilines is 1. The van der Waals surface area contributed by atoms with E-state index in [0.717, 1.165) is 2.88 Å². The summed E-state index contributed by atoms with van der Waals surface area (Å²) < 4.78 is 11.1. The summed E-state index contributed by atoms with van der Waals surface area (Å²) in [6.45, 7) is 7.60. The molecule has 0 aromatic carbocycles. The topological polar surface area (TPSA) is 68.7 Å². The molecule has 1 rings (SSSR count). The molecule has 8 heteroatoms. The van der Waals surface area contributed by atoms with Gasteiger partial charge in [0, 0.05) is 12.6 Å². The normalized spacial score (nSPS) is 11.5. The van der Waals surface area contributed by atoms with Crippen molar-refractivity contribution in [1.82, 2.24) is 4.98 Å². The van der Waals surface area contributed by atoms with Gasteiger partial charge in [0.05, 0.1) is 12.1 Å². The monoisotopic (exact) mass is 438 g/mol. The molecule has 0 saturated heterocycles.